The van der Waals surface area contributed by atoms with Crippen LogP contribution in [0.25, 0.3) is 0 Å². The number of amides is 2. The molecule has 0 N–H and O–H groups in total. The van der Waals surface area contributed by atoms with E-state index in [0.29, 0.717) is 18.5 Å². The second kappa shape index (κ2) is 4.92. The van der Waals surface area contributed by atoms with Gasteiger partial charge >= 0.3 is 6.09 Å². The molecule has 0 saturated carbocycles. The molecule has 6 nitrogen and oxygen atoms in total. The molecule has 0 aromatic rings. The van der Waals surface area contributed by atoms with Crippen LogP contribution >= 0.6 is 0 Å². The fourth-order valence-electron chi connectivity index (χ4n) is 2.37. The van der Waals surface area contributed by atoms with Crippen molar-refractivity contribution in [3.63, 3.8) is 0 Å². The van der Waals surface area contributed by atoms with E-state index in [0.717, 1.165) is 5.70 Å². The number of carbonyl (C=O) groups excluding carboxylic acids is 3. The molecule has 0 aromatic carbocycles. The van der Waals surface area contributed by atoms with E-state index in [9.17, 15) is 14.4 Å². The molecule has 2 heterocycles. The fourth-order valence-corrected chi connectivity index (χ4v) is 2.37. The Hall–Kier alpha value is -1.85. The van der Waals surface area contributed by atoms with Crippen molar-refractivity contribution in [2.75, 3.05) is 20.1 Å². The molecule has 20 heavy (non-hydrogen) atoms. The lowest BCUT2D eigenvalue weighted by Gasteiger charge is -2.36. The number of ketones is 1. The Balaban J connectivity index is 2.15. The first-order valence-electron chi connectivity index (χ1n) is 6.69. The zero-order chi connectivity index (χ0) is 15.1. The lowest BCUT2D eigenvalue weighted by Crippen LogP contribution is -2.47. The van der Waals surface area contributed by atoms with E-state index < -0.39 is 11.7 Å². The lowest BCUT2D eigenvalue weighted by atomic mass is 9.95. The van der Waals surface area contributed by atoms with Gasteiger partial charge in [0.15, 0.2) is 5.78 Å². The van der Waals surface area contributed by atoms with Crippen LogP contribution in [-0.4, -0.2) is 53.3 Å². The third-order valence-corrected chi connectivity index (χ3v) is 3.39. The van der Waals surface area contributed by atoms with Gasteiger partial charge in [0.25, 0.3) is 0 Å². The van der Waals surface area contributed by atoms with Crippen LogP contribution in [0.1, 0.15) is 33.6 Å². The van der Waals surface area contributed by atoms with Crippen LogP contribution in [0.5, 0.6) is 0 Å². The Kier molecular flexibility index (Phi) is 3.58. The Labute approximate surface area is 118 Å². The molecule has 0 unspecified atom stereocenters. The largest absolute Gasteiger partial charge is 0.444 e. The SMILES string of the molecule is CN1C(=O)CC(=O)C2=C1CCN(C(=O)OC(C)(C)C)C2. The van der Waals surface area contributed by atoms with Crippen molar-refractivity contribution in [3.8, 4) is 0 Å². The van der Waals surface area contributed by atoms with Gasteiger partial charge in [0.05, 0.1) is 13.0 Å². The van der Waals surface area contributed by atoms with Crippen molar-refractivity contribution in [1.82, 2.24) is 9.80 Å². The smallest absolute Gasteiger partial charge is 0.410 e. The van der Waals surface area contributed by atoms with Gasteiger partial charge in [-0.05, 0) is 20.8 Å². The number of carbonyl (C=O) groups is 3. The average Bonchev–Trinajstić information content (AvgIpc) is 2.33. The van der Waals surface area contributed by atoms with Crippen LogP contribution in [0.2, 0.25) is 0 Å². The van der Waals surface area contributed by atoms with Crippen molar-refractivity contribution in [2.24, 2.45) is 0 Å². The van der Waals surface area contributed by atoms with E-state index in [4.69, 9.17) is 4.74 Å². The zero-order valence-electron chi connectivity index (χ0n) is 12.4. The number of rotatable bonds is 0. The van der Waals surface area contributed by atoms with Crippen LogP contribution in [0.15, 0.2) is 11.3 Å². The van der Waals surface area contributed by atoms with Crippen molar-refractivity contribution in [2.45, 2.75) is 39.2 Å². The van der Waals surface area contributed by atoms with Gasteiger partial charge in [0, 0.05) is 31.3 Å². The van der Waals surface area contributed by atoms with E-state index in [1.54, 1.807) is 27.8 Å². The molecular formula is C14H20N2O4. The molecule has 110 valence electrons. The summed E-state index contributed by atoms with van der Waals surface area (Å²) in [6.45, 7) is 6.09. The molecule has 6 heteroatoms. The number of hydrogen-bond donors (Lipinski definition) is 0. The average molecular weight is 280 g/mol. The second-order valence-electron chi connectivity index (χ2n) is 6.13. The normalized spacial score (nSPS) is 20.2. The monoisotopic (exact) mass is 280 g/mol. The Morgan fingerprint density at radius 2 is 1.90 bits per heavy atom. The highest BCUT2D eigenvalue weighted by atomic mass is 16.6. The molecule has 0 aliphatic carbocycles. The molecule has 0 bridgehead atoms. The van der Waals surface area contributed by atoms with Gasteiger partial charge in [-0.15, -0.1) is 0 Å². The van der Waals surface area contributed by atoms with Crippen LogP contribution in [-0.2, 0) is 14.3 Å². The van der Waals surface area contributed by atoms with E-state index in [1.165, 1.54) is 9.80 Å². The quantitative estimate of drug-likeness (QED) is 0.627. The summed E-state index contributed by atoms with van der Waals surface area (Å²) in [6.07, 6.45) is -0.0311. The molecule has 2 rings (SSSR count). The maximum Gasteiger partial charge on any atom is 0.410 e. The first-order chi connectivity index (χ1) is 9.19. The molecule has 0 aromatic heterocycles. The molecule has 2 aliphatic heterocycles. The lowest BCUT2D eigenvalue weighted by molar-refractivity contribution is -0.134. The molecule has 0 radical (unpaired) electrons. The van der Waals surface area contributed by atoms with E-state index in [-0.39, 0.29) is 24.7 Å². The minimum Gasteiger partial charge on any atom is -0.444 e. The van der Waals surface area contributed by atoms with Crippen molar-refractivity contribution in [1.29, 1.82) is 0 Å². The molecule has 0 saturated heterocycles. The highest BCUT2D eigenvalue weighted by Crippen LogP contribution is 2.27. The highest BCUT2D eigenvalue weighted by Gasteiger charge is 2.36. The van der Waals surface area contributed by atoms with Crippen LogP contribution in [0.3, 0.4) is 0 Å². The summed E-state index contributed by atoms with van der Waals surface area (Å²) in [7, 11) is 1.67. The Morgan fingerprint density at radius 1 is 1.25 bits per heavy atom. The standard InChI is InChI=1S/C14H20N2O4/c1-14(2,3)20-13(19)16-6-5-10-9(8-16)11(17)7-12(18)15(10)4/h5-8H2,1-4H3. The molecule has 0 atom stereocenters. The van der Waals surface area contributed by atoms with Gasteiger partial charge in [-0.1, -0.05) is 0 Å². The van der Waals surface area contributed by atoms with E-state index >= 15 is 0 Å². The number of ether oxygens (including phenoxy) is 1. The van der Waals surface area contributed by atoms with Gasteiger partial charge in [-0.3, -0.25) is 9.59 Å². The summed E-state index contributed by atoms with van der Waals surface area (Å²) < 4.78 is 5.31. The number of nitrogens with zero attached hydrogens (tertiary/aromatic N) is 2. The van der Waals surface area contributed by atoms with Crippen molar-refractivity contribution >= 4 is 17.8 Å². The third kappa shape index (κ3) is 2.84. The first kappa shape index (κ1) is 14.6. The summed E-state index contributed by atoms with van der Waals surface area (Å²) in [6, 6.07) is 0. The maximum atomic E-state index is 12.0. The predicted octanol–water partition coefficient (Wildman–Crippen LogP) is 1.31. The molecule has 2 amide bonds. The van der Waals surface area contributed by atoms with Gasteiger partial charge < -0.3 is 14.5 Å². The molecule has 0 spiro atoms. The summed E-state index contributed by atoms with van der Waals surface area (Å²) in [5, 5.41) is 0. The third-order valence-electron chi connectivity index (χ3n) is 3.39. The molecule has 0 fully saturated rings. The zero-order valence-corrected chi connectivity index (χ0v) is 12.4. The predicted molar refractivity (Wildman–Crippen MR) is 71.8 cm³/mol. The fraction of sp³-hybridized carbons (Fsp3) is 0.643. The summed E-state index contributed by atoms with van der Waals surface area (Å²) in [5.41, 5.74) is 0.741. The number of hydrogen-bond acceptors (Lipinski definition) is 4. The minimum atomic E-state index is -0.560. The van der Waals surface area contributed by atoms with Crippen LogP contribution in [0.4, 0.5) is 4.79 Å². The second-order valence-corrected chi connectivity index (χ2v) is 6.13. The molecular weight excluding hydrogens is 260 g/mol. The highest BCUT2D eigenvalue weighted by molar-refractivity contribution is 6.11. The first-order valence-corrected chi connectivity index (χ1v) is 6.69. The van der Waals surface area contributed by atoms with Crippen molar-refractivity contribution in [3.05, 3.63) is 11.3 Å². The van der Waals surface area contributed by atoms with Crippen LogP contribution < -0.4 is 0 Å². The Morgan fingerprint density at radius 3 is 2.50 bits per heavy atom. The summed E-state index contributed by atoms with van der Waals surface area (Å²) >= 11 is 0. The van der Waals surface area contributed by atoms with E-state index in [2.05, 4.69) is 0 Å². The maximum absolute atomic E-state index is 12.0. The summed E-state index contributed by atoms with van der Waals surface area (Å²) in [4.78, 5) is 38.7. The van der Waals surface area contributed by atoms with Crippen molar-refractivity contribution < 1.29 is 19.1 Å². The minimum absolute atomic E-state index is 0.114. The van der Waals surface area contributed by atoms with Crippen LogP contribution in [0, 0.1) is 0 Å². The number of Topliss-reactive ketones (excluding diaryl/α,β-unsaturated/α-hetero) is 1. The Bertz CT molecular complexity index is 502. The van der Waals surface area contributed by atoms with Gasteiger partial charge in [-0.2, -0.15) is 0 Å². The van der Waals surface area contributed by atoms with Gasteiger partial charge in [0.1, 0.15) is 5.60 Å². The topological polar surface area (TPSA) is 66.9 Å². The van der Waals surface area contributed by atoms with E-state index in [1.807, 2.05) is 0 Å². The van der Waals surface area contributed by atoms with Gasteiger partial charge in [-0.25, -0.2) is 4.79 Å². The summed E-state index contributed by atoms with van der Waals surface area (Å²) in [5.74, 6) is -0.365. The van der Waals surface area contributed by atoms with Gasteiger partial charge in [0.2, 0.25) is 5.91 Å². The molecule has 2 aliphatic rings.